The summed E-state index contributed by atoms with van der Waals surface area (Å²) in [7, 11) is 0. The molecular weight excluding hydrogens is 312 g/mol. The number of benzene rings is 2. The normalized spacial score (nSPS) is 15.4. The van der Waals surface area contributed by atoms with Crippen molar-refractivity contribution in [3.05, 3.63) is 60.2 Å². The molecule has 4 nitrogen and oxygen atoms in total. The van der Waals surface area contributed by atoms with Gasteiger partial charge >= 0.3 is 0 Å². The van der Waals surface area contributed by atoms with Crippen molar-refractivity contribution in [3.8, 4) is 11.1 Å². The molecule has 4 heteroatoms. The van der Waals surface area contributed by atoms with Crippen molar-refractivity contribution in [2.24, 2.45) is 0 Å². The van der Waals surface area contributed by atoms with E-state index in [9.17, 15) is 9.59 Å². The van der Waals surface area contributed by atoms with Crippen LogP contribution < -0.4 is 0 Å². The zero-order valence-electron chi connectivity index (χ0n) is 15.0. The van der Waals surface area contributed by atoms with Gasteiger partial charge in [-0.2, -0.15) is 0 Å². The molecule has 2 aromatic carbocycles. The third kappa shape index (κ3) is 3.73. The fourth-order valence-electron chi connectivity index (χ4n) is 3.17. The molecule has 0 bridgehead atoms. The van der Waals surface area contributed by atoms with E-state index in [0.29, 0.717) is 18.7 Å². The van der Waals surface area contributed by atoms with Crippen LogP contribution in [0.2, 0.25) is 0 Å². The molecule has 2 amide bonds. The Labute approximate surface area is 149 Å². The molecule has 0 aliphatic carbocycles. The Morgan fingerprint density at radius 2 is 1.48 bits per heavy atom. The summed E-state index contributed by atoms with van der Waals surface area (Å²) in [6.07, 6.45) is 0. The van der Waals surface area contributed by atoms with Crippen LogP contribution in [-0.4, -0.2) is 46.8 Å². The van der Waals surface area contributed by atoms with Crippen molar-refractivity contribution >= 4 is 11.8 Å². The number of rotatable bonds is 2. The van der Waals surface area contributed by atoms with Gasteiger partial charge in [0.25, 0.3) is 5.91 Å². The van der Waals surface area contributed by atoms with E-state index in [2.05, 4.69) is 0 Å². The molecular formula is C21H24N2O2. The van der Waals surface area contributed by atoms with Gasteiger partial charge in [0.15, 0.2) is 0 Å². The number of hydrogen-bond donors (Lipinski definition) is 0. The largest absolute Gasteiger partial charge is 0.335 e. The first-order chi connectivity index (χ1) is 11.9. The van der Waals surface area contributed by atoms with Crippen molar-refractivity contribution in [2.45, 2.75) is 26.3 Å². The van der Waals surface area contributed by atoms with Crippen molar-refractivity contribution in [3.63, 3.8) is 0 Å². The first-order valence-corrected chi connectivity index (χ1v) is 8.61. The maximum atomic E-state index is 12.7. The average Bonchev–Trinajstić information content (AvgIpc) is 2.61. The highest BCUT2D eigenvalue weighted by Gasteiger charge is 2.33. The molecule has 1 aliphatic heterocycles. The molecule has 0 atom stereocenters. The lowest BCUT2D eigenvalue weighted by Crippen LogP contribution is -2.58. The second kappa shape index (κ2) is 6.71. The smallest absolute Gasteiger partial charge is 0.254 e. The number of amides is 2. The average molecular weight is 336 g/mol. The number of carbonyl (C=O) groups excluding carboxylic acids is 2. The molecule has 3 rings (SSSR count). The quantitative estimate of drug-likeness (QED) is 0.843. The Kier molecular flexibility index (Phi) is 4.62. The second-order valence-electron chi connectivity index (χ2n) is 7.39. The Hall–Kier alpha value is -2.62. The number of piperazine rings is 1. The molecule has 1 saturated heterocycles. The number of carbonyl (C=O) groups is 2. The predicted molar refractivity (Wildman–Crippen MR) is 99.2 cm³/mol. The molecule has 0 saturated carbocycles. The highest BCUT2D eigenvalue weighted by atomic mass is 16.2. The van der Waals surface area contributed by atoms with Gasteiger partial charge in [0, 0.05) is 24.2 Å². The Morgan fingerprint density at radius 1 is 0.880 bits per heavy atom. The Morgan fingerprint density at radius 3 is 2.04 bits per heavy atom. The van der Waals surface area contributed by atoms with E-state index < -0.39 is 0 Å². The topological polar surface area (TPSA) is 40.6 Å². The van der Waals surface area contributed by atoms with Crippen LogP contribution in [0.3, 0.4) is 0 Å². The van der Waals surface area contributed by atoms with Gasteiger partial charge in [0.2, 0.25) is 5.91 Å². The number of nitrogens with zero attached hydrogens (tertiary/aromatic N) is 2. The summed E-state index contributed by atoms with van der Waals surface area (Å²) in [4.78, 5) is 28.5. The van der Waals surface area contributed by atoms with Gasteiger partial charge in [-0.1, -0.05) is 42.5 Å². The Balaban J connectivity index is 1.71. The lowest BCUT2D eigenvalue weighted by molar-refractivity contribution is -0.140. The third-order valence-electron chi connectivity index (χ3n) is 4.56. The number of hydrogen-bond acceptors (Lipinski definition) is 2. The van der Waals surface area contributed by atoms with Gasteiger partial charge in [0.1, 0.15) is 6.54 Å². The highest BCUT2D eigenvalue weighted by molar-refractivity contribution is 5.97. The van der Waals surface area contributed by atoms with Gasteiger partial charge in [-0.15, -0.1) is 0 Å². The second-order valence-corrected chi connectivity index (χ2v) is 7.39. The zero-order valence-corrected chi connectivity index (χ0v) is 15.0. The molecule has 0 radical (unpaired) electrons. The van der Waals surface area contributed by atoms with Gasteiger partial charge in [-0.25, -0.2) is 0 Å². The highest BCUT2D eigenvalue weighted by Crippen LogP contribution is 2.21. The van der Waals surface area contributed by atoms with Crippen molar-refractivity contribution in [2.75, 3.05) is 19.6 Å². The molecule has 25 heavy (non-hydrogen) atoms. The minimum absolute atomic E-state index is 0.00741. The third-order valence-corrected chi connectivity index (χ3v) is 4.56. The van der Waals surface area contributed by atoms with E-state index in [4.69, 9.17) is 0 Å². The molecule has 0 N–H and O–H groups in total. The lowest BCUT2D eigenvalue weighted by Gasteiger charge is -2.42. The van der Waals surface area contributed by atoms with Crippen LogP contribution in [0.15, 0.2) is 54.6 Å². The summed E-state index contributed by atoms with van der Waals surface area (Å²) in [5, 5.41) is 0. The lowest BCUT2D eigenvalue weighted by atomic mass is 10.0. The van der Waals surface area contributed by atoms with Gasteiger partial charge in [-0.05, 0) is 44.0 Å². The van der Waals surface area contributed by atoms with Crippen LogP contribution in [0.5, 0.6) is 0 Å². The van der Waals surface area contributed by atoms with E-state index in [1.807, 2.05) is 80.3 Å². The van der Waals surface area contributed by atoms with Crippen molar-refractivity contribution < 1.29 is 9.59 Å². The SMILES string of the molecule is CC(C)(C)N1CCN(C(=O)c2ccc(-c3ccccc3)cc2)CC1=O. The van der Waals surface area contributed by atoms with Crippen LogP contribution in [0.4, 0.5) is 0 Å². The standard InChI is InChI=1S/C21H24N2O2/c1-21(2,3)23-14-13-22(15-19(23)24)20(25)18-11-9-17(10-12-18)16-7-5-4-6-8-16/h4-12H,13-15H2,1-3H3. The summed E-state index contributed by atoms with van der Waals surface area (Å²) in [6.45, 7) is 7.36. The molecule has 0 unspecified atom stereocenters. The van der Waals surface area contributed by atoms with E-state index in [1.165, 1.54) is 0 Å². The van der Waals surface area contributed by atoms with Crippen molar-refractivity contribution in [1.29, 1.82) is 0 Å². The Bertz CT molecular complexity index is 761. The molecule has 1 fully saturated rings. The molecule has 0 spiro atoms. The fraction of sp³-hybridized carbons (Fsp3) is 0.333. The first-order valence-electron chi connectivity index (χ1n) is 8.61. The van der Waals surface area contributed by atoms with Crippen LogP contribution in [0, 0.1) is 0 Å². The summed E-state index contributed by atoms with van der Waals surface area (Å²) in [5.41, 5.74) is 2.61. The molecule has 0 aromatic heterocycles. The minimum atomic E-state index is -0.205. The van der Waals surface area contributed by atoms with Crippen LogP contribution in [0.25, 0.3) is 11.1 Å². The zero-order chi connectivity index (χ0) is 18.0. The summed E-state index contributed by atoms with van der Waals surface area (Å²) in [6, 6.07) is 17.6. The van der Waals surface area contributed by atoms with E-state index >= 15 is 0 Å². The molecule has 1 aliphatic rings. The maximum Gasteiger partial charge on any atom is 0.254 e. The first kappa shape index (κ1) is 17.2. The van der Waals surface area contributed by atoms with Gasteiger partial charge < -0.3 is 9.80 Å². The van der Waals surface area contributed by atoms with Crippen LogP contribution in [0.1, 0.15) is 31.1 Å². The van der Waals surface area contributed by atoms with E-state index in [-0.39, 0.29) is 23.9 Å². The van der Waals surface area contributed by atoms with Crippen molar-refractivity contribution in [1.82, 2.24) is 9.80 Å². The maximum absolute atomic E-state index is 12.7. The molecule has 2 aromatic rings. The summed E-state index contributed by atoms with van der Waals surface area (Å²) in [5.74, 6) is -0.0745. The monoisotopic (exact) mass is 336 g/mol. The fourth-order valence-corrected chi connectivity index (χ4v) is 3.17. The van der Waals surface area contributed by atoms with E-state index in [0.717, 1.165) is 11.1 Å². The van der Waals surface area contributed by atoms with Gasteiger partial charge in [0.05, 0.1) is 0 Å². The van der Waals surface area contributed by atoms with E-state index in [1.54, 1.807) is 4.90 Å². The summed E-state index contributed by atoms with van der Waals surface area (Å²) >= 11 is 0. The van der Waals surface area contributed by atoms with Gasteiger partial charge in [-0.3, -0.25) is 9.59 Å². The van der Waals surface area contributed by atoms with Crippen LogP contribution >= 0.6 is 0 Å². The predicted octanol–water partition coefficient (Wildman–Crippen LogP) is 3.44. The van der Waals surface area contributed by atoms with Crippen LogP contribution in [-0.2, 0) is 4.79 Å². The molecule has 130 valence electrons. The minimum Gasteiger partial charge on any atom is -0.335 e. The molecule has 1 heterocycles. The summed E-state index contributed by atoms with van der Waals surface area (Å²) < 4.78 is 0.